The fraction of sp³-hybridized carbons (Fsp3) is 0.0417. The average molecular weight is 729 g/mol. The van der Waals surface area contributed by atoms with Gasteiger partial charge in [0.25, 0.3) is 0 Å². The number of benzene rings is 7. The minimum Gasteiger partial charge on any atom is -0.370 e. The Morgan fingerprint density at radius 2 is 0.625 bits per heavy atom. The quantitative estimate of drug-likeness (QED) is 0.0738. The van der Waals surface area contributed by atoms with Crippen LogP contribution in [0.1, 0.15) is 23.5 Å². The lowest BCUT2D eigenvalue weighted by Crippen LogP contribution is -2.34. The Kier molecular flexibility index (Phi) is 11.1. The molecule has 2 atom stereocenters. The van der Waals surface area contributed by atoms with Crippen molar-refractivity contribution in [3.63, 3.8) is 0 Å². The van der Waals surface area contributed by atoms with Crippen LogP contribution < -0.4 is 21.3 Å². The van der Waals surface area contributed by atoms with E-state index in [1.165, 1.54) is 0 Å². The molecular weight excluding hydrogens is 689 g/mol. The van der Waals surface area contributed by atoms with Gasteiger partial charge in [-0.05, 0) is 84.9 Å². The number of rotatable bonds is 12. The predicted molar refractivity (Wildman–Crippen MR) is 232 cm³/mol. The van der Waals surface area contributed by atoms with Crippen molar-refractivity contribution < 1.29 is 0 Å². The topological polar surface area (TPSA) is 98.6 Å². The number of anilines is 4. The molecule has 0 aliphatic carbocycles. The van der Waals surface area contributed by atoms with Crippen molar-refractivity contribution in [3.8, 4) is 0 Å². The molecule has 0 spiro atoms. The largest absolute Gasteiger partial charge is 0.370 e. The molecule has 8 nitrogen and oxygen atoms in total. The first-order chi connectivity index (χ1) is 27.7. The van der Waals surface area contributed by atoms with Crippen molar-refractivity contribution in [1.29, 1.82) is 0 Å². The van der Waals surface area contributed by atoms with Gasteiger partial charge >= 0.3 is 0 Å². The average Bonchev–Trinajstić information content (AvgIpc) is 3.26. The number of nitrogens with zero attached hydrogens (tertiary/aromatic N) is 4. The Morgan fingerprint density at radius 1 is 0.339 bits per heavy atom. The molecular formula is C48H40N8. The van der Waals surface area contributed by atoms with Gasteiger partial charge in [0.1, 0.15) is 23.8 Å². The number of para-hydroxylation sites is 8. The molecule has 1 heterocycles. The van der Waals surface area contributed by atoms with Gasteiger partial charge in [0.05, 0.1) is 33.8 Å². The molecule has 0 bridgehead atoms. The summed E-state index contributed by atoms with van der Waals surface area (Å²) < 4.78 is 0. The highest BCUT2D eigenvalue weighted by atomic mass is 15.1. The molecule has 7 aromatic carbocycles. The van der Waals surface area contributed by atoms with Gasteiger partial charge in [-0.2, -0.15) is 0 Å². The predicted octanol–water partition coefficient (Wildman–Crippen LogP) is 11.6. The lowest BCUT2D eigenvalue weighted by Gasteiger charge is -2.29. The van der Waals surface area contributed by atoms with E-state index < -0.39 is 12.1 Å². The van der Waals surface area contributed by atoms with Crippen LogP contribution in [0, 0.1) is 0 Å². The third-order valence-corrected chi connectivity index (χ3v) is 8.99. The van der Waals surface area contributed by atoms with Crippen LogP contribution in [0.25, 0.3) is 11.0 Å². The minimum absolute atomic E-state index is 0.625. The Bertz CT molecular complexity index is 2340. The van der Waals surface area contributed by atoms with Crippen LogP contribution in [0.2, 0.25) is 0 Å². The maximum Gasteiger partial charge on any atom is 0.136 e. The number of nitrogens with one attached hydrogen (secondary N) is 4. The summed E-state index contributed by atoms with van der Waals surface area (Å²) in [6.45, 7) is 0. The summed E-state index contributed by atoms with van der Waals surface area (Å²) in [7, 11) is 0. The van der Waals surface area contributed by atoms with Crippen molar-refractivity contribution in [2.24, 2.45) is 9.98 Å². The van der Waals surface area contributed by atoms with Crippen LogP contribution in [0.15, 0.2) is 216 Å². The second-order valence-corrected chi connectivity index (χ2v) is 13.0. The highest BCUT2D eigenvalue weighted by molar-refractivity contribution is 6.05. The number of hydrogen-bond acceptors (Lipinski definition) is 6. The second kappa shape index (κ2) is 17.5. The van der Waals surface area contributed by atoms with Gasteiger partial charge in [-0.1, -0.05) is 121 Å². The molecule has 0 aliphatic rings. The van der Waals surface area contributed by atoms with Gasteiger partial charge < -0.3 is 21.3 Å². The summed E-state index contributed by atoms with van der Waals surface area (Å²) in [5.41, 5.74) is 7.95. The highest BCUT2D eigenvalue weighted by Crippen LogP contribution is 2.33. The van der Waals surface area contributed by atoms with Crippen LogP contribution in [-0.2, 0) is 0 Å². The van der Waals surface area contributed by atoms with E-state index in [2.05, 4.69) is 21.3 Å². The molecule has 0 saturated heterocycles. The van der Waals surface area contributed by atoms with Crippen molar-refractivity contribution in [2.75, 3.05) is 21.3 Å². The lowest BCUT2D eigenvalue weighted by atomic mass is 10.0. The second-order valence-electron chi connectivity index (χ2n) is 13.0. The lowest BCUT2D eigenvalue weighted by molar-refractivity contribution is 0.862. The standard InChI is InChI=1S/C48H40N8/c1-7-21-35(22-8-1)49-45(47(51-37-25-11-3-12-26-37)52-38-27-13-4-14-28-38)43-44(56-42-34-20-19-33-41(42)55-43)46(50-36-23-9-2-10-24-36)48(53-39-29-15-5-16-30-39)54-40-31-17-6-18-32-40/h1-34,45-46,49-50H,(H,51,52)(H,53,54). The molecule has 8 rings (SSSR count). The SMILES string of the molecule is c1ccc(N=C(Nc2ccccc2)C(Nc2ccccc2)c2nc3ccccc3nc2C(Nc2ccccc2)C(=Nc2ccccc2)Nc2ccccc2)cc1. The molecule has 0 amide bonds. The summed E-state index contributed by atoms with van der Waals surface area (Å²) in [4.78, 5) is 21.5. The number of aliphatic imine (C=N–C) groups is 2. The molecule has 56 heavy (non-hydrogen) atoms. The number of amidine groups is 2. The van der Waals surface area contributed by atoms with Crippen LogP contribution in [0.4, 0.5) is 34.1 Å². The highest BCUT2D eigenvalue weighted by Gasteiger charge is 2.32. The fourth-order valence-electron chi connectivity index (χ4n) is 6.34. The van der Waals surface area contributed by atoms with Crippen LogP contribution in [-0.4, -0.2) is 21.6 Å². The first kappa shape index (κ1) is 35.4. The maximum atomic E-state index is 5.47. The van der Waals surface area contributed by atoms with E-state index in [1.54, 1.807) is 0 Å². The zero-order chi connectivity index (χ0) is 37.8. The van der Waals surface area contributed by atoms with Gasteiger partial charge in [-0.15, -0.1) is 0 Å². The van der Waals surface area contributed by atoms with E-state index in [-0.39, 0.29) is 0 Å². The fourth-order valence-corrected chi connectivity index (χ4v) is 6.34. The van der Waals surface area contributed by atoms with Crippen molar-refractivity contribution >= 4 is 56.8 Å². The summed E-state index contributed by atoms with van der Waals surface area (Å²) in [6, 6.07) is 67.0. The summed E-state index contributed by atoms with van der Waals surface area (Å²) in [5, 5.41) is 15.0. The van der Waals surface area contributed by atoms with E-state index in [1.807, 2.05) is 206 Å². The third-order valence-electron chi connectivity index (χ3n) is 8.99. The van der Waals surface area contributed by atoms with Crippen LogP contribution in [0.5, 0.6) is 0 Å². The molecule has 4 N–H and O–H groups in total. The van der Waals surface area contributed by atoms with Gasteiger partial charge in [-0.25, -0.2) is 20.0 Å². The maximum absolute atomic E-state index is 5.47. The summed E-state index contributed by atoms with van der Waals surface area (Å²) >= 11 is 0. The van der Waals surface area contributed by atoms with E-state index in [4.69, 9.17) is 20.0 Å². The first-order valence-corrected chi connectivity index (χ1v) is 18.6. The zero-order valence-electron chi connectivity index (χ0n) is 30.6. The molecule has 0 saturated carbocycles. The Balaban J connectivity index is 1.40. The van der Waals surface area contributed by atoms with Crippen molar-refractivity contribution in [3.05, 3.63) is 218 Å². The molecule has 272 valence electrons. The third kappa shape index (κ3) is 8.95. The van der Waals surface area contributed by atoms with Gasteiger partial charge in [0.15, 0.2) is 0 Å². The van der Waals surface area contributed by atoms with Crippen molar-refractivity contribution in [1.82, 2.24) is 9.97 Å². The monoisotopic (exact) mass is 728 g/mol. The zero-order valence-corrected chi connectivity index (χ0v) is 30.6. The Morgan fingerprint density at radius 3 is 0.964 bits per heavy atom. The van der Waals surface area contributed by atoms with E-state index in [9.17, 15) is 0 Å². The summed E-state index contributed by atoms with van der Waals surface area (Å²) in [6.07, 6.45) is 0. The minimum atomic E-state index is -0.625. The number of fused-ring (bicyclic) bond motifs is 1. The molecule has 1 aromatic heterocycles. The van der Waals surface area contributed by atoms with Crippen LogP contribution in [0.3, 0.4) is 0 Å². The molecule has 2 unspecified atom stereocenters. The van der Waals surface area contributed by atoms with E-state index in [0.717, 1.165) is 45.2 Å². The Hall–Kier alpha value is -7.58. The molecule has 8 aromatic rings. The Labute approximate surface area is 326 Å². The molecule has 0 radical (unpaired) electrons. The first-order valence-electron chi connectivity index (χ1n) is 18.6. The van der Waals surface area contributed by atoms with Gasteiger partial charge in [-0.3, -0.25) is 0 Å². The van der Waals surface area contributed by atoms with E-state index in [0.29, 0.717) is 23.1 Å². The molecule has 0 fully saturated rings. The smallest absolute Gasteiger partial charge is 0.136 e. The number of aromatic nitrogens is 2. The number of hydrogen-bond donors (Lipinski definition) is 4. The molecule has 8 heteroatoms. The van der Waals surface area contributed by atoms with Crippen molar-refractivity contribution in [2.45, 2.75) is 12.1 Å². The normalized spacial score (nSPS) is 12.7. The van der Waals surface area contributed by atoms with Gasteiger partial charge in [0.2, 0.25) is 0 Å². The van der Waals surface area contributed by atoms with E-state index >= 15 is 0 Å². The van der Waals surface area contributed by atoms with Crippen LogP contribution >= 0.6 is 0 Å². The molecule has 0 aliphatic heterocycles. The van der Waals surface area contributed by atoms with Gasteiger partial charge in [0, 0.05) is 22.7 Å². The summed E-state index contributed by atoms with van der Waals surface area (Å²) in [5.74, 6) is 1.27.